The predicted octanol–water partition coefficient (Wildman–Crippen LogP) is 2.57. The summed E-state index contributed by atoms with van der Waals surface area (Å²) in [6, 6.07) is 5.52. The van der Waals surface area contributed by atoms with Gasteiger partial charge in [-0.2, -0.15) is 13.2 Å². The molecule has 0 bridgehead atoms. The van der Waals surface area contributed by atoms with Gasteiger partial charge in [-0.1, -0.05) is 6.07 Å². The molecule has 0 radical (unpaired) electrons. The quantitative estimate of drug-likeness (QED) is 0.828. The number of benzene rings is 1. The highest BCUT2D eigenvalue weighted by Gasteiger charge is 2.41. The predicted molar refractivity (Wildman–Crippen MR) is 103 cm³/mol. The van der Waals surface area contributed by atoms with Crippen LogP contribution in [0, 0.1) is 6.92 Å². The molecule has 2 heterocycles. The zero-order valence-electron chi connectivity index (χ0n) is 16.5. The molecule has 1 aromatic heterocycles. The molecule has 2 amide bonds. The number of carbonyl (C=O) groups excluding carboxylic acids is 2. The molecule has 4 rings (SSSR count). The Bertz CT molecular complexity index is 1020. The van der Waals surface area contributed by atoms with Crippen molar-refractivity contribution in [3.8, 4) is 0 Å². The molecular formula is C20H20F3N5O2. The van der Waals surface area contributed by atoms with E-state index in [-0.39, 0.29) is 18.1 Å². The Kier molecular flexibility index (Phi) is 4.87. The maximum Gasteiger partial charge on any atom is 0.433 e. The van der Waals surface area contributed by atoms with Gasteiger partial charge in [0.2, 0.25) is 11.9 Å². The van der Waals surface area contributed by atoms with Gasteiger partial charge in [0.15, 0.2) is 0 Å². The van der Waals surface area contributed by atoms with Gasteiger partial charge in [-0.3, -0.25) is 15.0 Å². The van der Waals surface area contributed by atoms with Crippen molar-refractivity contribution in [3.63, 3.8) is 0 Å². The van der Waals surface area contributed by atoms with Gasteiger partial charge >= 0.3 is 6.18 Å². The summed E-state index contributed by atoms with van der Waals surface area (Å²) < 4.78 is 39.5. The fourth-order valence-electron chi connectivity index (χ4n) is 3.84. The maximum absolute atomic E-state index is 13.2. The lowest BCUT2D eigenvalue weighted by molar-refractivity contribution is -0.141. The fourth-order valence-corrected chi connectivity index (χ4v) is 3.84. The van der Waals surface area contributed by atoms with Crippen LogP contribution in [0.3, 0.4) is 0 Å². The van der Waals surface area contributed by atoms with Crippen molar-refractivity contribution < 1.29 is 22.8 Å². The summed E-state index contributed by atoms with van der Waals surface area (Å²) in [5, 5.41) is 1.02. The maximum atomic E-state index is 13.2. The van der Waals surface area contributed by atoms with E-state index in [9.17, 15) is 22.8 Å². The number of halogens is 3. The Balaban J connectivity index is 1.64. The molecule has 0 saturated carbocycles. The van der Waals surface area contributed by atoms with Crippen LogP contribution in [0.5, 0.6) is 0 Å². The van der Waals surface area contributed by atoms with Gasteiger partial charge in [0.1, 0.15) is 11.7 Å². The molecule has 1 N–H and O–H groups in total. The number of anilines is 2. The van der Waals surface area contributed by atoms with Crippen LogP contribution < -0.4 is 15.3 Å². The molecule has 0 spiro atoms. The third kappa shape index (κ3) is 3.69. The Morgan fingerprint density at radius 3 is 2.67 bits per heavy atom. The number of rotatable bonds is 3. The number of likely N-dealkylation sites (N-methyl/N-ethyl adjacent to an activating group) is 1. The Labute approximate surface area is 170 Å². The van der Waals surface area contributed by atoms with Crippen molar-refractivity contribution in [2.75, 3.05) is 17.0 Å². The summed E-state index contributed by atoms with van der Waals surface area (Å²) in [6.07, 6.45) is -1.86. The molecular weight excluding hydrogens is 399 g/mol. The Morgan fingerprint density at radius 1 is 1.20 bits per heavy atom. The minimum absolute atomic E-state index is 0.0756. The van der Waals surface area contributed by atoms with E-state index >= 15 is 0 Å². The number of carbonyl (C=O) groups is 2. The minimum atomic E-state index is -4.67. The second kappa shape index (κ2) is 7.26. The molecule has 158 valence electrons. The van der Waals surface area contributed by atoms with Gasteiger partial charge in [0, 0.05) is 18.4 Å². The van der Waals surface area contributed by atoms with Crippen LogP contribution in [0.2, 0.25) is 0 Å². The Morgan fingerprint density at radius 2 is 1.93 bits per heavy atom. The normalized spacial score (nSPS) is 18.4. The number of hydrogen-bond acceptors (Lipinski definition) is 5. The second-order valence-corrected chi connectivity index (χ2v) is 7.52. The Hall–Kier alpha value is -3.17. The summed E-state index contributed by atoms with van der Waals surface area (Å²) in [5.74, 6) is -1.30. The molecule has 1 fully saturated rings. The van der Waals surface area contributed by atoms with E-state index in [0.29, 0.717) is 5.69 Å². The van der Waals surface area contributed by atoms with Gasteiger partial charge in [-0.25, -0.2) is 15.0 Å². The number of hydrazine groups is 1. The molecule has 1 aliphatic carbocycles. The van der Waals surface area contributed by atoms with Crippen molar-refractivity contribution >= 4 is 23.5 Å². The summed E-state index contributed by atoms with van der Waals surface area (Å²) in [5.41, 5.74) is 4.46. The van der Waals surface area contributed by atoms with Crippen LogP contribution in [-0.4, -0.2) is 34.9 Å². The first-order chi connectivity index (χ1) is 14.1. The molecule has 7 nitrogen and oxygen atoms in total. The third-order valence-corrected chi connectivity index (χ3v) is 5.37. The van der Waals surface area contributed by atoms with E-state index in [0.717, 1.165) is 30.3 Å². The standard InChI is InChI=1S/C20H20F3N5O2/c1-11-8-16(20(21,22)23)25-19(24-11)28-15(10-17(29)26-28)18(30)27(2)14-7-6-12-4-3-5-13(12)9-14/h6-9,15H,3-5,10H2,1-2H3,(H,26,29). The van der Waals surface area contributed by atoms with E-state index in [1.807, 2.05) is 18.2 Å². The molecule has 10 heteroatoms. The van der Waals surface area contributed by atoms with Gasteiger partial charge < -0.3 is 4.90 Å². The lowest BCUT2D eigenvalue weighted by Crippen LogP contribution is -2.48. The van der Waals surface area contributed by atoms with Gasteiger partial charge in [-0.15, -0.1) is 0 Å². The number of alkyl halides is 3. The highest BCUT2D eigenvalue weighted by atomic mass is 19.4. The van der Waals surface area contributed by atoms with E-state index in [2.05, 4.69) is 15.4 Å². The molecule has 1 aliphatic heterocycles. The summed E-state index contributed by atoms with van der Waals surface area (Å²) in [6.45, 7) is 1.39. The molecule has 2 aliphatic rings. The number of fused-ring (bicyclic) bond motifs is 1. The first kappa shape index (κ1) is 20.1. The van der Waals surface area contributed by atoms with Gasteiger partial charge in [-0.05, 0) is 55.5 Å². The van der Waals surface area contributed by atoms with Crippen molar-refractivity contribution in [2.24, 2.45) is 0 Å². The van der Waals surface area contributed by atoms with Crippen LogP contribution in [0.1, 0.15) is 35.4 Å². The van der Waals surface area contributed by atoms with Crippen LogP contribution in [0.15, 0.2) is 24.3 Å². The SMILES string of the molecule is Cc1cc(C(F)(F)F)nc(N2NC(=O)CC2C(=O)N(C)c2ccc3c(c2)CCC3)n1. The number of nitrogens with zero attached hydrogens (tertiary/aromatic N) is 4. The number of aryl methyl sites for hydroxylation is 3. The average Bonchev–Trinajstić information content (AvgIpc) is 3.31. The summed E-state index contributed by atoms with van der Waals surface area (Å²) in [7, 11) is 1.58. The molecule has 1 saturated heterocycles. The molecule has 2 aromatic rings. The van der Waals surface area contributed by atoms with E-state index in [1.54, 1.807) is 7.05 Å². The summed E-state index contributed by atoms with van der Waals surface area (Å²) in [4.78, 5) is 34.1. The lowest BCUT2D eigenvalue weighted by Gasteiger charge is -2.27. The van der Waals surface area contributed by atoms with Crippen molar-refractivity contribution in [1.29, 1.82) is 0 Å². The van der Waals surface area contributed by atoms with Crippen molar-refractivity contribution in [2.45, 2.75) is 44.8 Å². The van der Waals surface area contributed by atoms with Gasteiger partial charge in [0.25, 0.3) is 5.91 Å². The number of amides is 2. The lowest BCUT2D eigenvalue weighted by atomic mass is 10.1. The highest BCUT2D eigenvalue weighted by Crippen LogP contribution is 2.31. The van der Waals surface area contributed by atoms with E-state index in [4.69, 9.17) is 0 Å². The smallest absolute Gasteiger partial charge is 0.314 e. The highest BCUT2D eigenvalue weighted by molar-refractivity contribution is 6.03. The summed E-state index contributed by atoms with van der Waals surface area (Å²) >= 11 is 0. The average molecular weight is 419 g/mol. The zero-order chi connectivity index (χ0) is 21.6. The van der Waals surface area contributed by atoms with Crippen molar-refractivity contribution in [1.82, 2.24) is 15.4 Å². The first-order valence-electron chi connectivity index (χ1n) is 9.54. The van der Waals surface area contributed by atoms with E-state index in [1.165, 1.54) is 23.0 Å². The molecule has 1 unspecified atom stereocenters. The fraction of sp³-hybridized carbons (Fsp3) is 0.400. The van der Waals surface area contributed by atoms with Crippen LogP contribution >= 0.6 is 0 Å². The van der Waals surface area contributed by atoms with Gasteiger partial charge in [0.05, 0.1) is 6.42 Å². The molecule has 1 aromatic carbocycles. The van der Waals surface area contributed by atoms with Crippen LogP contribution in [-0.2, 0) is 28.6 Å². The molecule has 30 heavy (non-hydrogen) atoms. The van der Waals surface area contributed by atoms with E-state index < -0.39 is 29.7 Å². The number of aromatic nitrogens is 2. The van der Waals surface area contributed by atoms with Crippen LogP contribution in [0.4, 0.5) is 24.8 Å². The number of nitrogens with one attached hydrogen (secondary N) is 1. The number of hydrogen-bond donors (Lipinski definition) is 1. The van der Waals surface area contributed by atoms with Crippen molar-refractivity contribution in [3.05, 3.63) is 46.8 Å². The topological polar surface area (TPSA) is 78.4 Å². The van der Waals surface area contributed by atoms with Crippen LogP contribution in [0.25, 0.3) is 0 Å². The monoisotopic (exact) mass is 419 g/mol. The first-order valence-corrected chi connectivity index (χ1v) is 9.54. The third-order valence-electron chi connectivity index (χ3n) is 5.37. The largest absolute Gasteiger partial charge is 0.433 e. The minimum Gasteiger partial charge on any atom is -0.314 e. The zero-order valence-corrected chi connectivity index (χ0v) is 16.5. The second-order valence-electron chi connectivity index (χ2n) is 7.52. The molecule has 1 atom stereocenters.